The van der Waals surface area contributed by atoms with Crippen LogP contribution in [-0.2, 0) is 4.74 Å². The van der Waals surface area contributed by atoms with Crippen molar-refractivity contribution in [2.75, 3.05) is 13.4 Å². The predicted octanol–water partition coefficient (Wildman–Crippen LogP) is 2.32. The molecule has 1 aromatic carbocycles. The smallest absolute Gasteiger partial charge is 0.228 e. The molecular weight excluding hydrogens is 224 g/mol. The molecular formula is C12H10O3S. The number of Topliss-reactive ketones (excluding diaryl/α,β-unsaturated/α-hetero) is 1. The third-order valence-corrected chi connectivity index (χ3v) is 3.17. The van der Waals surface area contributed by atoms with E-state index in [9.17, 15) is 9.59 Å². The van der Waals surface area contributed by atoms with Crippen LogP contribution in [0.1, 0.15) is 20.7 Å². The van der Waals surface area contributed by atoms with Crippen molar-refractivity contribution in [2.24, 2.45) is 0 Å². The van der Waals surface area contributed by atoms with Crippen LogP contribution in [0.15, 0.2) is 34.9 Å². The summed E-state index contributed by atoms with van der Waals surface area (Å²) in [6.07, 6.45) is 3.17. The third kappa shape index (κ3) is 1.65. The summed E-state index contributed by atoms with van der Waals surface area (Å²) in [4.78, 5) is 24.6. The van der Waals surface area contributed by atoms with E-state index in [0.717, 1.165) is 4.90 Å². The van der Waals surface area contributed by atoms with E-state index in [4.69, 9.17) is 4.74 Å². The van der Waals surface area contributed by atoms with Crippen LogP contribution in [0.3, 0.4) is 0 Å². The van der Waals surface area contributed by atoms with E-state index >= 15 is 0 Å². The molecule has 0 saturated heterocycles. The van der Waals surface area contributed by atoms with Gasteiger partial charge in [-0.3, -0.25) is 9.59 Å². The lowest BCUT2D eigenvalue weighted by atomic mass is 9.94. The molecule has 0 bridgehead atoms. The van der Waals surface area contributed by atoms with Crippen molar-refractivity contribution in [3.63, 3.8) is 0 Å². The van der Waals surface area contributed by atoms with Crippen LogP contribution in [0.4, 0.5) is 0 Å². The summed E-state index contributed by atoms with van der Waals surface area (Å²) in [5.41, 5.74) is 0.875. The first-order valence-electron chi connectivity index (χ1n) is 4.70. The molecule has 0 aliphatic heterocycles. The number of fused-ring (bicyclic) bond motifs is 1. The number of hydrogen-bond acceptors (Lipinski definition) is 4. The van der Waals surface area contributed by atoms with Crippen LogP contribution in [0.2, 0.25) is 0 Å². The standard InChI is InChI=1S/C12H10O3S/c1-15-11-6-10(13)9-5-7(16-2)3-4-8(9)12(11)14/h3-6H,1-2H3. The van der Waals surface area contributed by atoms with E-state index in [1.165, 1.54) is 24.9 Å². The van der Waals surface area contributed by atoms with Gasteiger partial charge in [0, 0.05) is 22.1 Å². The van der Waals surface area contributed by atoms with E-state index in [-0.39, 0.29) is 17.3 Å². The maximum Gasteiger partial charge on any atom is 0.228 e. The third-order valence-electron chi connectivity index (χ3n) is 2.44. The highest BCUT2D eigenvalue weighted by Crippen LogP contribution is 2.25. The molecule has 0 atom stereocenters. The zero-order valence-electron chi connectivity index (χ0n) is 8.94. The van der Waals surface area contributed by atoms with Crippen molar-refractivity contribution in [3.05, 3.63) is 41.2 Å². The topological polar surface area (TPSA) is 43.4 Å². The van der Waals surface area contributed by atoms with Crippen LogP contribution < -0.4 is 0 Å². The normalized spacial score (nSPS) is 14.5. The second-order valence-corrected chi connectivity index (χ2v) is 4.20. The van der Waals surface area contributed by atoms with Gasteiger partial charge in [-0.15, -0.1) is 11.8 Å². The Morgan fingerprint density at radius 2 is 1.94 bits per heavy atom. The number of allylic oxidation sites excluding steroid dienone is 2. The summed E-state index contributed by atoms with van der Waals surface area (Å²) in [7, 11) is 1.39. The Labute approximate surface area is 97.5 Å². The largest absolute Gasteiger partial charge is 0.492 e. The first-order valence-corrected chi connectivity index (χ1v) is 5.92. The van der Waals surface area contributed by atoms with Crippen molar-refractivity contribution in [1.82, 2.24) is 0 Å². The highest BCUT2D eigenvalue weighted by atomic mass is 32.2. The van der Waals surface area contributed by atoms with Gasteiger partial charge in [-0.25, -0.2) is 0 Å². The van der Waals surface area contributed by atoms with Crippen molar-refractivity contribution in [1.29, 1.82) is 0 Å². The number of methoxy groups -OCH3 is 1. The molecule has 2 rings (SSSR count). The molecule has 1 aliphatic rings. The molecule has 0 saturated carbocycles. The summed E-state index contributed by atoms with van der Waals surface area (Å²) in [5.74, 6) is -0.304. The van der Waals surface area contributed by atoms with Crippen molar-refractivity contribution < 1.29 is 14.3 Å². The minimum absolute atomic E-state index is 0.106. The predicted molar refractivity (Wildman–Crippen MR) is 62.0 cm³/mol. The molecule has 0 fully saturated rings. The van der Waals surface area contributed by atoms with Gasteiger partial charge in [0.15, 0.2) is 11.5 Å². The molecule has 0 heterocycles. The summed E-state index contributed by atoms with van der Waals surface area (Å²) in [5, 5.41) is 0. The van der Waals surface area contributed by atoms with Gasteiger partial charge < -0.3 is 4.74 Å². The van der Waals surface area contributed by atoms with Crippen LogP contribution >= 0.6 is 11.8 Å². The second kappa shape index (κ2) is 4.14. The number of benzene rings is 1. The molecule has 0 radical (unpaired) electrons. The second-order valence-electron chi connectivity index (χ2n) is 3.32. The quantitative estimate of drug-likeness (QED) is 0.736. The Hall–Kier alpha value is -1.55. The van der Waals surface area contributed by atoms with Crippen molar-refractivity contribution >= 4 is 23.3 Å². The fourth-order valence-corrected chi connectivity index (χ4v) is 2.04. The zero-order chi connectivity index (χ0) is 11.7. The molecule has 3 nitrogen and oxygen atoms in total. The monoisotopic (exact) mass is 234 g/mol. The summed E-state index contributed by atoms with van der Waals surface area (Å²) in [6, 6.07) is 5.24. The van der Waals surface area contributed by atoms with Crippen molar-refractivity contribution in [2.45, 2.75) is 4.90 Å². The Morgan fingerprint density at radius 3 is 2.56 bits per heavy atom. The van der Waals surface area contributed by atoms with Gasteiger partial charge in [-0.2, -0.15) is 0 Å². The molecule has 1 aromatic rings. The molecule has 0 aromatic heterocycles. The molecule has 0 amide bonds. The molecule has 1 aliphatic carbocycles. The number of thioether (sulfide) groups is 1. The zero-order valence-corrected chi connectivity index (χ0v) is 9.76. The lowest BCUT2D eigenvalue weighted by Crippen LogP contribution is -2.17. The summed E-state index contributed by atoms with van der Waals surface area (Å²) >= 11 is 1.54. The van der Waals surface area contributed by atoms with Gasteiger partial charge in [0.25, 0.3) is 0 Å². The Morgan fingerprint density at radius 1 is 1.19 bits per heavy atom. The van der Waals surface area contributed by atoms with E-state index in [1.54, 1.807) is 12.1 Å². The minimum Gasteiger partial charge on any atom is -0.492 e. The summed E-state index contributed by atoms with van der Waals surface area (Å²) in [6.45, 7) is 0. The number of rotatable bonds is 2. The van der Waals surface area contributed by atoms with Crippen LogP contribution in [0.25, 0.3) is 0 Å². The fraction of sp³-hybridized carbons (Fsp3) is 0.167. The summed E-state index contributed by atoms with van der Waals surface area (Å²) < 4.78 is 4.87. The van der Waals surface area contributed by atoms with E-state index in [0.29, 0.717) is 11.1 Å². The van der Waals surface area contributed by atoms with Crippen LogP contribution in [-0.4, -0.2) is 24.9 Å². The average molecular weight is 234 g/mol. The highest BCUT2D eigenvalue weighted by molar-refractivity contribution is 7.98. The van der Waals surface area contributed by atoms with Crippen LogP contribution in [0, 0.1) is 0 Å². The molecule has 82 valence electrons. The Balaban J connectivity index is 2.56. The van der Waals surface area contributed by atoms with Gasteiger partial charge in [0.2, 0.25) is 5.78 Å². The maximum atomic E-state index is 11.8. The first kappa shape index (κ1) is 11.0. The first-order chi connectivity index (χ1) is 7.67. The maximum absolute atomic E-state index is 11.8. The molecule has 0 unspecified atom stereocenters. The molecule has 4 heteroatoms. The average Bonchev–Trinajstić information content (AvgIpc) is 2.33. The number of ether oxygens (including phenoxy) is 1. The van der Waals surface area contributed by atoms with E-state index in [2.05, 4.69) is 0 Å². The minimum atomic E-state index is -0.232. The highest BCUT2D eigenvalue weighted by Gasteiger charge is 2.26. The molecule has 0 spiro atoms. The fourth-order valence-electron chi connectivity index (χ4n) is 1.60. The lowest BCUT2D eigenvalue weighted by molar-refractivity contribution is 0.0916. The van der Waals surface area contributed by atoms with Crippen LogP contribution in [0.5, 0.6) is 0 Å². The van der Waals surface area contributed by atoms with Gasteiger partial charge in [0.05, 0.1) is 7.11 Å². The van der Waals surface area contributed by atoms with E-state index in [1.807, 2.05) is 12.3 Å². The lowest BCUT2D eigenvalue weighted by Gasteiger charge is -2.14. The number of hydrogen-bond donors (Lipinski definition) is 0. The number of ketones is 2. The van der Waals surface area contributed by atoms with E-state index < -0.39 is 0 Å². The number of carbonyl (C=O) groups excluding carboxylic acids is 2. The number of carbonyl (C=O) groups is 2. The Kier molecular flexibility index (Phi) is 2.83. The van der Waals surface area contributed by atoms with Gasteiger partial charge in [0.1, 0.15) is 0 Å². The van der Waals surface area contributed by atoms with Gasteiger partial charge >= 0.3 is 0 Å². The van der Waals surface area contributed by atoms with Gasteiger partial charge in [-0.1, -0.05) is 0 Å². The molecule has 16 heavy (non-hydrogen) atoms. The van der Waals surface area contributed by atoms with Gasteiger partial charge in [-0.05, 0) is 24.5 Å². The SMILES string of the molecule is COC1=CC(=O)c2cc(SC)ccc2C1=O. The Bertz CT molecular complexity index is 503. The van der Waals surface area contributed by atoms with Crippen molar-refractivity contribution in [3.8, 4) is 0 Å². The molecule has 0 N–H and O–H groups in total.